The molecule has 9 N–H and O–H groups in total. The van der Waals surface area contributed by atoms with Gasteiger partial charge in [0.1, 0.15) is 48.8 Å². The Morgan fingerprint density at radius 2 is 0.736 bits per heavy atom. The number of aliphatic hydroxyl groups is 8. The van der Waals surface area contributed by atoms with Gasteiger partial charge in [0.05, 0.1) is 32.0 Å². The standard InChI is InChI=1S/C73H139NO13/c1-3-5-7-9-11-13-15-17-19-21-23-25-27-29-31-33-35-37-39-41-43-45-47-49-51-53-55-57-65(78)74-61(60-84-72-70(83)68(81)71(64(59-76)86-72)87-73-69(82)67(80)66(79)63(58-75)85-73)62(77)56-54-52-50-48-46-44-42-40-38-36-34-32-30-28-26-24-22-20-18-16-14-12-10-8-6-4-2/h46,48,54,56,61-64,66-73,75-77,79-83H,3-45,47,49-53,55,57-60H2,1-2H3,(H,74,78)/b48-46+,56-54+. The zero-order valence-corrected chi connectivity index (χ0v) is 56.0. The first-order valence-corrected chi connectivity index (χ1v) is 37.1. The molecular formula is C73H139NO13. The SMILES string of the molecule is CCCCCCCCCCCCCCCCCCCCCC/C=C/CC/C=C/C(O)C(COC1OC(CO)C(OC2OC(CO)C(O)C(O)C2O)C(O)C1O)NC(=O)CCCCCCCCCCCCCCCCCCCCCCCCCCCCC. The predicted octanol–water partition coefficient (Wildman–Crippen LogP) is 15.5. The van der Waals surface area contributed by atoms with Crippen LogP contribution in [0.5, 0.6) is 0 Å². The Morgan fingerprint density at radius 1 is 0.402 bits per heavy atom. The molecule has 2 aliphatic rings. The third-order valence-electron chi connectivity index (χ3n) is 18.4. The molecule has 14 nitrogen and oxygen atoms in total. The van der Waals surface area contributed by atoms with E-state index in [1.54, 1.807) is 6.08 Å². The molecule has 514 valence electrons. The summed E-state index contributed by atoms with van der Waals surface area (Å²) in [5, 5.41) is 87.5. The number of allylic oxidation sites excluding steroid dienone is 3. The van der Waals surface area contributed by atoms with Crippen molar-refractivity contribution in [3.8, 4) is 0 Å². The van der Waals surface area contributed by atoms with Gasteiger partial charge in [-0.1, -0.05) is 327 Å². The summed E-state index contributed by atoms with van der Waals surface area (Å²) in [7, 11) is 0. The van der Waals surface area contributed by atoms with E-state index in [0.29, 0.717) is 12.8 Å². The van der Waals surface area contributed by atoms with Crippen LogP contribution in [0, 0.1) is 0 Å². The Labute approximate surface area is 532 Å². The highest BCUT2D eigenvalue weighted by atomic mass is 16.7. The third-order valence-corrected chi connectivity index (χ3v) is 18.4. The summed E-state index contributed by atoms with van der Waals surface area (Å²) in [5.41, 5.74) is 0. The highest BCUT2D eigenvalue weighted by molar-refractivity contribution is 5.76. The van der Waals surface area contributed by atoms with Crippen LogP contribution >= 0.6 is 0 Å². The fourth-order valence-electron chi connectivity index (χ4n) is 12.5. The van der Waals surface area contributed by atoms with Crippen molar-refractivity contribution >= 4 is 5.91 Å². The van der Waals surface area contributed by atoms with Gasteiger partial charge < -0.3 is 65.1 Å². The number of aliphatic hydroxyl groups excluding tert-OH is 8. The predicted molar refractivity (Wildman–Crippen MR) is 355 cm³/mol. The molecule has 0 aromatic heterocycles. The molecule has 0 aliphatic carbocycles. The van der Waals surface area contributed by atoms with Crippen molar-refractivity contribution < 1.29 is 64.6 Å². The number of carbonyl (C=O) groups excluding carboxylic acids is 1. The van der Waals surface area contributed by atoms with Crippen LogP contribution in [-0.2, 0) is 23.7 Å². The fourth-order valence-corrected chi connectivity index (χ4v) is 12.5. The first-order valence-electron chi connectivity index (χ1n) is 37.1. The monoisotopic (exact) mass is 1240 g/mol. The molecule has 2 rings (SSSR count). The summed E-state index contributed by atoms with van der Waals surface area (Å²) < 4.78 is 22.9. The summed E-state index contributed by atoms with van der Waals surface area (Å²) in [4.78, 5) is 13.3. The number of rotatable bonds is 62. The van der Waals surface area contributed by atoms with E-state index in [9.17, 15) is 45.6 Å². The van der Waals surface area contributed by atoms with Crippen molar-refractivity contribution in [2.24, 2.45) is 0 Å². The molecule has 2 heterocycles. The first-order chi connectivity index (χ1) is 42.6. The minimum atomic E-state index is -1.79. The van der Waals surface area contributed by atoms with Gasteiger partial charge in [-0.2, -0.15) is 0 Å². The van der Waals surface area contributed by atoms with E-state index in [-0.39, 0.29) is 18.9 Å². The van der Waals surface area contributed by atoms with Crippen molar-refractivity contribution in [3.63, 3.8) is 0 Å². The number of unbranched alkanes of at least 4 members (excludes halogenated alkanes) is 47. The van der Waals surface area contributed by atoms with Gasteiger partial charge in [0.15, 0.2) is 12.6 Å². The lowest BCUT2D eigenvalue weighted by Crippen LogP contribution is -2.65. The van der Waals surface area contributed by atoms with Gasteiger partial charge in [-0.15, -0.1) is 0 Å². The van der Waals surface area contributed by atoms with Gasteiger partial charge in [0.2, 0.25) is 5.91 Å². The molecule has 87 heavy (non-hydrogen) atoms. The lowest BCUT2D eigenvalue weighted by atomic mass is 9.97. The van der Waals surface area contributed by atoms with Crippen LogP contribution in [0.1, 0.15) is 341 Å². The quantitative estimate of drug-likeness (QED) is 0.0204. The highest BCUT2D eigenvalue weighted by Gasteiger charge is 2.51. The Morgan fingerprint density at radius 3 is 1.13 bits per heavy atom. The maximum atomic E-state index is 13.3. The van der Waals surface area contributed by atoms with Crippen molar-refractivity contribution in [2.75, 3.05) is 19.8 Å². The summed E-state index contributed by atoms with van der Waals surface area (Å²) in [6.45, 7) is 2.85. The van der Waals surface area contributed by atoms with E-state index in [1.165, 1.54) is 276 Å². The lowest BCUT2D eigenvalue weighted by molar-refractivity contribution is -0.359. The third kappa shape index (κ3) is 42.4. The van der Waals surface area contributed by atoms with Gasteiger partial charge in [0, 0.05) is 6.42 Å². The average molecular weight is 1240 g/mol. The van der Waals surface area contributed by atoms with Crippen LogP contribution in [0.4, 0.5) is 0 Å². The van der Waals surface area contributed by atoms with E-state index < -0.39 is 86.8 Å². The normalized spacial score (nSPS) is 23.3. The second-order valence-corrected chi connectivity index (χ2v) is 26.4. The van der Waals surface area contributed by atoms with E-state index in [0.717, 1.165) is 32.1 Å². The number of carbonyl (C=O) groups is 1. The zero-order chi connectivity index (χ0) is 63.1. The number of hydrogen-bond donors (Lipinski definition) is 9. The molecule has 0 radical (unpaired) electrons. The van der Waals surface area contributed by atoms with Crippen LogP contribution in [0.2, 0.25) is 0 Å². The molecule has 0 aromatic carbocycles. The van der Waals surface area contributed by atoms with Gasteiger partial charge >= 0.3 is 0 Å². The van der Waals surface area contributed by atoms with E-state index in [2.05, 4.69) is 31.3 Å². The Balaban J connectivity index is 1.67. The molecule has 2 saturated heterocycles. The van der Waals surface area contributed by atoms with Gasteiger partial charge in [0.25, 0.3) is 0 Å². The minimum absolute atomic E-state index is 0.241. The van der Waals surface area contributed by atoms with Gasteiger partial charge in [-0.3, -0.25) is 4.79 Å². The molecule has 2 fully saturated rings. The van der Waals surface area contributed by atoms with E-state index in [1.807, 2.05) is 6.08 Å². The summed E-state index contributed by atoms with van der Waals surface area (Å²) in [6, 6.07) is -0.930. The number of ether oxygens (including phenoxy) is 4. The highest BCUT2D eigenvalue weighted by Crippen LogP contribution is 2.30. The van der Waals surface area contributed by atoms with Crippen molar-refractivity contribution in [3.05, 3.63) is 24.3 Å². The molecule has 2 aliphatic heterocycles. The van der Waals surface area contributed by atoms with Crippen LogP contribution in [0.3, 0.4) is 0 Å². The van der Waals surface area contributed by atoms with Gasteiger partial charge in [-0.05, 0) is 32.1 Å². The molecular weight excluding hydrogens is 1100 g/mol. The van der Waals surface area contributed by atoms with Crippen LogP contribution in [-0.4, -0.2) is 140 Å². The number of nitrogens with one attached hydrogen (secondary N) is 1. The van der Waals surface area contributed by atoms with E-state index in [4.69, 9.17) is 18.9 Å². The molecule has 0 saturated carbocycles. The Bertz CT molecular complexity index is 1550. The summed E-state index contributed by atoms with van der Waals surface area (Å²) in [5.74, 6) is -0.241. The average Bonchev–Trinajstić information content (AvgIpc) is 1.63. The molecule has 14 heteroatoms. The lowest BCUT2D eigenvalue weighted by Gasteiger charge is -2.46. The maximum absolute atomic E-state index is 13.3. The summed E-state index contributed by atoms with van der Waals surface area (Å²) >= 11 is 0. The van der Waals surface area contributed by atoms with Crippen LogP contribution in [0.15, 0.2) is 24.3 Å². The first kappa shape index (κ1) is 81.6. The van der Waals surface area contributed by atoms with Crippen molar-refractivity contribution in [1.29, 1.82) is 0 Å². The van der Waals surface area contributed by atoms with Crippen LogP contribution in [0.25, 0.3) is 0 Å². The topological polar surface area (TPSA) is 228 Å². The van der Waals surface area contributed by atoms with E-state index >= 15 is 0 Å². The largest absolute Gasteiger partial charge is 0.394 e. The molecule has 1 amide bonds. The summed E-state index contributed by atoms with van der Waals surface area (Å²) in [6.07, 6.45) is 56.8. The van der Waals surface area contributed by atoms with Crippen molar-refractivity contribution in [2.45, 2.75) is 415 Å². The Hall–Kier alpha value is -1.53. The molecule has 12 unspecified atom stereocenters. The minimum Gasteiger partial charge on any atom is -0.394 e. The molecule has 0 aromatic rings. The second kappa shape index (κ2) is 58.3. The van der Waals surface area contributed by atoms with Gasteiger partial charge in [-0.25, -0.2) is 0 Å². The maximum Gasteiger partial charge on any atom is 0.220 e. The number of hydrogen-bond acceptors (Lipinski definition) is 13. The smallest absolute Gasteiger partial charge is 0.220 e. The second-order valence-electron chi connectivity index (χ2n) is 26.4. The molecule has 12 atom stereocenters. The fraction of sp³-hybridized carbons (Fsp3) is 0.932. The Kier molecular flexibility index (Phi) is 54.7. The van der Waals surface area contributed by atoms with Crippen molar-refractivity contribution in [1.82, 2.24) is 5.32 Å². The molecule has 0 spiro atoms. The van der Waals surface area contributed by atoms with Crippen LogP contribution < -0.4 is 5.32 Å². The zero-order valence-electron chi connectivity index (χ0n) is 56.0. The number of amides is 1. The molecule has 0 bridgehead atoms.